The lowest BCUT2D eigenvalue weighted by Crippen LogP contribution is -2.49. The first-order valence-corrected chi connectivity index (χ1v) is 14.1. The average molecular weight is 469 g/mol. The maximum absolute atomic E-state index is 3.69. The minimum atomic E-state index is 0.655. The third kappa shape index (κ3) is 15.3. The second-order valence-corrected chi connectivity index (χ2v) is 9.69. The van der Waals surface area contributed by atoms with E-state index >= 15 is 0 Å². The summed E-state index contributed by atoms with van der Waals surface area (Å²) in [5.41, 5.74) is 0. The van der Waals surface area contributed by atoms with Crippen molar-refractivity contribution in [1.82, 2.24) is 41.7 Å². The van der Waals surface area contributed by atoms with Crippen LogP contribution >= 0.6 is 0 Å². The Morgan fingerprint density at radius 1 is 0.515 bits per heavy atom. The Kier molecular flexibility index (Phi) is 18.4. The number of nitrogens with zero attached hydrogens (tertiary/aromatic N) is 2. The van der Waals surface area contributed by atoms with E-state index in [0.717, 1.165) is 85.1 Å². The van der Waals surface area contributed by atoms with Gasteiger partial charge < -0.3 is 36.8 Å². The molecule has 8 nitrogen and oxygen atoms in total. The number of hydrogen-bond donors (Lipinski definition) is 6. The van der Waals surface area contributed by atoms with Gasteiger partial charge in [0.05, 0.1) is 0 Å². The molecule has 0 aromatic heterocycles. The van der Waals surface area contributed by atoms with E-state index in [0.29, 0.717) is 6.04 Å². The van der Waals surface area contributed by atoms with Crippen molar-refractivity contribution in [2.24, 2.45) is 0 Å². The zero-order valence-corrected chi connectivity index (χ0v) is 21.7. The Bertz CT molecular complexity index is 397. The van der Waals surface area contributed by atoms with E-state index in [9.17, 15) is 0 Å². The van der Waals surface area contributed by atoms with Crippen LogP contribution in [0.4, 0.5) is 0 Å². The van der Waals surface area contributed by atoms with Crippen molar-refractivity contribution in [3.8, 4) is 0 Å². The lowest BCUT2D eigenvalue weighted by atomic mass is 10.1. The fourth-order valence-corrected chi connectivity index (χ4v) is 4.87. The Morgan fingerprint density at radius 3 is 1.58 bits per heavy atom. The summed E-state index contributed by atoms with van der Waals surface area (Å²) in [6.45, 7) is 21.5. The molecular formula is C25H56N8. The van der Waals surface area contributed by atoms with Gasteiger partial charge in [-0.05, 0) is 84.5 Å². The molecule has 8 heteroatoms. The summed E-state index contributed by atoms with van der Waals surface area (Å²) >= 11 is 0. The number of hydrogen-bond acceptors (Lipinski definition) is 8. The van der Waals surface area contributed by atoms with Crippen LogP contribution in [0.1, 0.15) is 45.4 Å². The van der Waals surface area contributed by atoms with Crippen molar-refractivity contribution in [2.75, 3.05) is 111 Å². The molecule has 0 radical (unpaired) electrons. The third-order valence-corrected chi connectivity index (χ3v) is 6.79. The fraction of sp³-hybridized carbons (Fsp3) is 1.00. The third-order valence-electron chi connectivity index (χ3n) is 6.79. The van der Waals surface area contributed by atoms with Crippen molar-refractivity contribution in [3.63, 3.8) is 0 Å². The van der Waals surface area contributed by atoms with E-state index in [-0.39, 0.29) is 0 Å². The second kappa shape index (κ2) is 21.0. The quantitative estimate of drug-likeness (QED) is 0.334. The van der Waals surface area contributed by atoms with Crippen LogP contribution in [0, 0.1) is 0 Å². The van der Waals surface area contributed by atoms with Crippen LogP contribution in [0.2, 0.25) is 0 Å². The summed E-state index contributed by atoms with van der Waals surface area (Å²) in [6, 6.07) is 0.655. The van der Waals surface area contributed by atoms with Gasteiger partial charge in [0.1, 0.15) is 0 Å². The van der Waals surface area contributed by atoms with Gasteiger partial charge in [-0.3, -0.25) is 4.90 Å². The summed E-state index contributed by atoms with van der Waals surface area (Å²) in [5.74, 6) is 0. The van der Waals surface area contributed by atoms with Crippen LogP contribution in [-0.2, 0) is 0 Å². The predicted octanol–water partition coefficient (Wildman–Crippen LogP) is -0.116. The number of nitrogens with one attached hydrogen (secondary N) is 6. The van der Waals surface area contributed by atoms with Gasteiger partial charge in [-0.25, -0.2) is 0 Å². The lowest BCUT2D eigenvalue weighted by molar-refractivity contribution is 0.128. The maximum Gasteiger partial charge on any atom is 0.0223 e. The largest absolute Gasteiger partial charge is 0.315 e. The van der Waals surface area contributed by atoms with Crippen LogP contribution < -0.4 is 31.9 Å². The molecule has 2 heterocycles. The summed E-state index contributed by atoms with van der Waals surface area (Å²) in [5, 5.41) is 21.7. The highest BCUT2D eigenvalue weighted by molar-refractivity contribution is 4.78. The molecule has 0 aromatic rings. The van der Waals surface area contributed by atoms with E-state index in [1.807, 2.05) is 0 Å². The summed E-state index contributed by atoms with van der Waals surface area (Å²) < 4.78 is 0. The zero-order chi connectivity index (χ0) is 23.2. The Hall–Kier alpha value is -0.320. The molecule has 0 spiro atoms. The molecule has 1 unspecified atom stereocenters. The normalized spacial score (nSPS) is 25.0. The highest BCUT2D eigenvalue weighted by Gasteiger charge is 2.20. The fourth-order valence-electron chi connectivity index (χ4n) is 4.87. The summed E-state index contributed by atoms with van der Waals surface area (Å²) in [4.78, 5) is 5.53. The first-order chi connectivity index (χ1) is 16.4. The molecule has 0 aromatic carbocycles. The topological polar surface area (TPSA) is 78.7 Å². The average Bonchev–Trinajstić information content (AvgIpc) is 2.82. The molecule has 6 N–H and O–H groups in total. The van der Waals surface area contributed by atoms with Gasteiger partial charge >= 0.3 is 0 Å². The standard InChI is InChI=1S/C25H56N8/c1-2-7-25(33-21-6-13-29-17-15-27-9-4-11-31-19-23-33)24-32-20-5-12-28-16-14-26-8-3-10-30-18-22-32/h25-31H,2-24H2,1H3. The highest BCUT2D eigenvalue weighted by Crippen LogP contribution is 2.11. The molecule has 196 valence electrons. The van der Waals surface area contributed by atoms with Crippen molar-refractivity contribution in [3.05, 3.63) is 0 Å². The molecule has 1 atom stereocenters. The van der Waals surface area contributed by atoms with Crippen LogP contribution in [0.3, 0.4) is 0 Å². The predicted molar refractivity (Wildman–Crippen MR) is 142 cm³/mol. The smallest absolute Gasteiger partial charge is 0.0223 e. The van der Waals surface area contributed by atoms with E-state index in [2.05, 4.69) is 48.6 Å². The SMILES string of the molecule is CCCC(CN1CCCNCCNCCCNCC1)N1CCCNCCNCCCNCC1. The van der Waals surface area contributed by atoms with Crippen molar-refractivity contribution in [2.45, 2.75) is 51.5 Å². The zero-order valence-electron chi connectivity index (χ0n) is 21.7. The van der Waals surface area contributed by atoms with Gasteiger partial charge in [-0.2, -0.15) is 0 Å². The molecule has 2 saturated heterocycles. The minimum Gasteiger partial charge on any atom is -0.315 e. The van der Waals surface area contributed by atoms with Gasteiger partial charge in [0.15, 0.2) is 0 Å². The van der Waals surface area contributed by atoms with E-state index in [1.165, 1.54) is 64.7 Å². The van der Waals surface area contributed by atoms with Crippen molar-refractivity contribution >= 4 is 0 Å². The van der Waals surface area contributed by atoms with Crippen LogP contribution in [-0.4, -0.2) is 127 Å². The Labute approximate surface area is 204 Å². The summed E-state index contributed by atoms with van der Waals surface area (Å²) in [6.07, 6.45) is 7.45. The van der Waals surface area contributed by atoms with Crippen LogP contribution in [0.15, 0.2) is 0 Å². The molecule has 2 aliphatic heterocycles. The highest BCUT2D eigenvalue weighted by atomic mass is 15.2. The lowest BCUT2D eigenvalue weighted by Gasteiger charge is -2.36. The van der Waals surface area contributed by atoms with Gasteiger partial charge in [-0.1, -0.05) is 13.3 Å². The van der Waals surface area contributed by atoms with Gasteiger partial charge in [0.2, 0.25) is 0 Å². The van der Waals surface area contributed by atoms with E-state index < -0.39 is 0 Å². The van der Waals surface area contributed by atoms with Crippen LogP contribution in [0.5, 0.6) is 0 Å². The molecule has 2 fully saturated rings. The molecule has 2 rings (SSSR count). The molecule has 33 heavy (non-hydrogen) atoms. The Morgan fingerprint density at radius 2 is 1.00 bits per heavy atom. The Balaban J connectivity index is 1.90. The molecule has 2 aliphatic rings. The van der Waals surface area contributed by atoms with Crippen molar-refractivity contribution in [1.29, 1.82) is 0 Å². The molecule has 0 aliphatic carbocycles. The molecule has 0 amide bonds. The number of rotatable bonds is 5. The minimum absolute atomic E-state index is 0.655. The van der Waals surface area contributed by atoms with Crippen molar-refractivity contribution < 1.29 is 0 Å². The van der Waals surface area contributed by atoms with Gasteiger partial charge in [0, 0.05) is 64.9 Å². The molecule has 0 bridgehead atoms. The van der Waals surface area contributed by atoms with E-state index in [4.69, 9.17) is 0 Å². The van der Waals surface area contributed by atoms with Gasteiger partial charge in [0.25, 0.3) is 0 Å². The first-order valence-electron chi connectivity index (χ1n) is 14.1. The second-order valence-electron chi connectivity index (χ2n) is 9.69. The van der Waals surface area contributed by atoms with Crippen LogP contribution in [0.25, 0.3) is 0 Å². The summed E-state index contributed by atoms with van der Waals surface area (Å²) in [7, 11) is 0. The molecular weight excluding hydrogens is 412 g/mol. The van der Waals surface area contributed by atoms with E-state index in [1.54, 1.807) is 0 Å². The first kappa shape index (κ1) is 28.9. The monoisotopic (exact) mass is 468 g/mol. The maximum atomic E-state index is 3.69. The molecule has 0 saturated carbocycles. The van der Waals surface area contributed by atoms with Gasteiger partial charge in [-0.15, -0.1) is 0 Å².